The molecule has 2 aromatic heterocycles. The molecule has 1 N–H and O–H groups in total. The van der Waals surface area contributed by atoms with Crippen LogP contribution in [0.5, 0.6) is 11.5 Å². The lowest BCUT2D eigenvalue weighted by Crippen LogP contribution is -2.00. The Hall–Kier alpha value is -3.98. The number of terminal acetylenes is 1. The molecule has 0 aliphatic carbocycles. The molecule has 0 amide bonds. The third kappa shape index (κ3) is 3.53. The van der Waals surface area contributed by atoms with Gasteiger partial charge in [0, 0.05) is 11.1 Å². The van der Waals surface area contributed by atoms with Crippen LogP contribution in [0.15, 0.2) is 61.2 Å². The van der Waals surface area contributed by atoms with Crippen LogP contribution in [0.3, 0.4) is 0 Å². The molecule has 0 saturated carbocycles. The molecule has 0 saturated heterocycles. The Labute approximate surface area is 156 Å². The van der Waals surface area contributed by atoms with Crippen molar-refractivity contribution in [1.82, 2.24) is 19.9 Å². The fraction of sp³-hybridized carbons (Fsp3) is 0.0476. The number of nitrogens with one attached hydrogen (secondary N) is 1. The topological polar surface area (TPSA) is 72.8 Å². The molecule has 0 spiro atoms. The van der Waals surface area contributed by atoms with Gasteiger partial charge in [-0.1, -0.05) is 12.1 Å². The van der Waals surface area contributed by atoms with Gasteiger partial charge >= 0.3 is 0 Å². The Balaban J connectivity index is 1.65. The molecule has 0 unspecified atom stereocenters. The van der Waals surface area contributed by atoms with Crippen molar-refractivity contribution in [1.29, 1.82) is 0 Å². The number of hydrogen-bond donors (Lipinski definition) is 1. The number of aromatic nitrogens is 4. The molecule has 0 aliphatic rings. The van der Waals surface area contributed by atoms with E-state index in [2.05, 4.69) is 31.2 Å². The van der Waals surface area contributed by atoms with E-state index in [4.69, 9.17) is 11.2 Å². The molecular weight excluding hydrogens is 338 g/mol. The quantitative estimate of drug-likeness (QED) is 0.553. The van der Waals surface area contributed by atoms with E-state index in [1.165, 1.54) is 6.33 Å². The van der Waals surface area contributed by atoms with Gasteiger partial charge in [0.05, 0.1) is 17.9 Å². The third-order valence-corrected chi connectivity index (χ3v) is 3.93. The van der Waals surface area contributed by atoms with Crippen molar-refractivity contribution in [2.24, 2.45) is 0 Å². The van der Waals surface area contributed by atoms with Gasteiger partial charge in [-0.25, -0.2) is 19.9 Å². The number of para-hydroxylation sites is 1. The second-order valence-corrected chi connectivity index (χ2v) is 5.84. The molecule has 2 aromatic carbocycles. The van der Waals surface area contributed by atoms with Crippen LogP contribution in [0.4, 0.5) is 11.5 Å². The summed E-state index contributed by atoms with van der Waals surface area (Å²) in [4.78, 5) is 16.7. The van der Waals surface area contributed by atoms with Crippen LogP contribution >= 0.6 is 0 Å². The Morgan fingerprint density at radius 1 is 1.04 bits per heavy atom. The molecular formula is C21H15N5O. The summed E-state index contributed by atoms with van der Waals surface area (Å²) in [5.41, 5.74) is 2.62. The van der Waals surface area contributed by atoms with E-state index < -0.39 is 0 Å². The summed E-state index contributed by atoms with van der Waals surface area (Å²) < 4.78 is 5.82. The predicted molar refractivity (Wildman–Crippen MR) is 104 cm³/mol. The van der Waals surface area contributed by atoms with Gasteiger partial charge in [0.15, 0.2) is 5.75 Å². The highest BCUT2D eigenvalue weighted by Gasteiger charge is 2.08. The minimum atomic E-state index is 0.344. The first kappa shape index (κ1) is 16.5. The van der Waals surface area contributed by atoms with Gasteiger partial charge in [0.2, 0.25) is 5.82 Å². The summed E-state index contributed by atoms with van der Waals surface area (Å²) in [5, 5.41) is 4.23. The standard InChI is InChI=1S/C21H15N5O/c1-3-20-25-18-7-5-4-6-17(18)21(26-20)24-15-8-9-19(14(2)10-15)27-16-11-22-13-23-12-16/h1,4-13H,2H3,(H,24,25,26). The number of rotatable bonds is 4. The van der Waals surface area contributed by atoms with Crippen molar-refractivity contribution < 1.29 is 4.74 Å². The molecule has 4 rings (SSSR count). The molecule has 130 valence electrons. The van der Waals surface area contributed by atoms with E-state index in [1.807, 2.05) is 49.4 Å². The maximum atomic E-state index is 5.82. The number of benzene rings is 2. The summed E-state index contributed by atoms with van der Waals surface area (Å²) in [5.74, 6) is 4.82. The molecule has 6 nitrogen and oxygen atoms in total. The van der Waals surface area contributed by atoms with Crippen LogP contribution in [0.2, 0.25) is 0 Å². The Morgan fingerprint density at radius 2 is 1.85 bits per heavy atom. The molecule has 0 bridgehead atoms. The molecule has 0 atom stereocenters. The molecule has 0 fully saturated rings. The first-order valence-electron chi connectivity index (χ1n) is 8.27. The van der Waals surface area contributed by atoms with Crippen LogP contribution in [-0.2, 0) is 0 Å². The van der Waals surface area contributed by atoms with E-state index in [0.29, 0.717) is 17.4 Å². The average Bonchev–Trinajstić information content (AvgIpc) is 2.70. The van der Waals surface area contributed by atoms with Crippen molar-refractivity contribution in [2.45, 2.75) is 6.92 Å². The SMILES string of the molecule is C#Cc1nc(Nc2ccc(Oc3cncnc3)c(C)c2)c2ccccc2n1. The van der Waals surface area contributed by atoms with Crippen LogP contribution < -0.4 is 10.1 Å². The first-order chi connectivity index (χ1) is 13.2. The van der Waals surface area contributed by atoms with Crippen molar-refractivity contribution in [3.8, 4) is 23.8 Å². The van der Waals surface area contributed by atoms with Crippen LogP contribution in [0, 0.1) is 19.3 Å². The van der Waals surface area contributed by atoms with E-state index in [-0.39, 0.29) is 0 Å². The second-order valence-electron chi connectivity index (χ2n) is 5.84. The Bertz CT molecular complexity index is 1150. The van der Waals surface area contributed by atoms with Gasteiger partial charge in [0.1, 0.15) is 17.9 Å². The molecule has 6 heteroatoms. The Kier molecular flexibility index (Phi) is 4.33. The first-order valence-corrected chi connectivity index (χ1v) is 8.27. The van der Waals surface area contributed by atoms with E-state index in [1.54, 1.807) is 12.4 Å². The highest BCUT2D eigenvalue weighted by atomic mass is 16.5. The Morgan fingerprint density at radius 3 is 2.63 bits per heavy atom. The van der Waals surface area contributed by atoms with Gasteiger partial charge in [-0.2, -0.15) is 0 Å². The van der Waals surface area contributed by atoms with Gasteiger partial charge in [-0.15, -0.1) is 6.42 Å². The third-order valence-electron chi connectivity index (χ3n) is 3.93. The van der Waals surface area contributed by atoms with Gasteiger partial charge in [0.25, 0.3) is 0 Å². The molecule has 0 aliphatic heterocycles. The van der Waals surface area contributed by atoms with E-state index >= 15 is 0 Å². The lowest BCUT2D eigenvalue weighted by molar-refractivity contribution is 0.474. The smallest absolute Gasteiger partial charge is 0.207 e. The predicted octanol–water partition coefficient (Wildman–Crippen LogP) is 4.25. The molecule has 0 radical (unpaired) electrons. The van der Waals surface area contributed by atoms with Crippen LogP contribution in [-0.4, -0.2) is 19.9 Å². The fourth-order valence-corrected chi connectivity index (χ4v) is 2.68. The highest BCUT2D eigenvalue weighted by Crippen LogP contribution is 2.29. The number of anilines is 2. The summed E-state index contributed by atoms with van der Waals surface area (Å²) >= 11 is 0. The number of aryl methyl sites for hydroxylation is 1. The zero-order chi connectivity index (χ0) is 18.6. The maximum absolute atomic E-state index is 5.82. The number of ether oxygens (including phenoxy) is 1. The summed E-state index contributed by atoms with van der Waals surface area (Å²) in [6.45, 7) is 1.97. The van der Waals surface area contributed by atoms with Crippen molar-refractivity contribution in [3.63, 3.8) is 0 Å². The minimum Gasteiger partial charge on any atom is -0.454 e. The normalized spacial score (nSPS) is 10.4. The lowest BCUT2D eigenvalue weighted by atomic mass is 10.2. The van der Waals surface area contributed by atoms with Crippen LogP contribution in [0.1, 0.15) is 11.4 Å². The van der Waals surface area contributed by atoms with Gasteiger partial charge in [-0.05, 0) is 48.7 Å². The molecule has 2 heterocycles. The second kappa shape index (κ2) is 7.10. The summed E-state index contributed by atoms with van der Waals surface area (Å²) in [6, 6.07) is 13.5. The van der Waals surface area contributed by atoms with Gasteiger partial charge in [-0.3, -0.25) is 0 Å². The number of hydrogen-bond acceptors (Lipinski definition) is 6. The molecule has 4 aromatic rings. The van der Waals surface area contributed by atoms with Crippen molar-refractivity contribution >= 4 is 22.4 Å². The average molecular weight is 353 g/mol. The summed E-state index contributed by atoms with van der Waals surface area (Å²) in [7, 11) is 0. The zero-order valence-corrected chi connectivity index (χ0v) is 14.5. The highest BCUT2D eigenvalue weighted by molar-refractivity contribution is 5.91. The minimum absolute atomic E-state index is 0.344. The van der Waals surface area contributed by atoms with Crippen molar-refractivity contribution in [2.75, 3.05) is 5.32 Å². The van der Waals surface area contributed by atoms with Crippen molar-refractivity contribution in [3.05, 3.63) is 72.6 Å². The summed E-state index contributed by atoms with van der Waals surface area (Å²) in [6.07, 6.45) is 10.2. The number of fused-ring (bicyclic) bond motifs is 1. The van der Waals surface area contributed by atoms with E-state index in [9.17, 15) is 0 Å². The maximum Gasteiger partial charge on any atom is 0.207 e. The number of nitrogens with zero attached hydrogens (tertiary/aromatic N) is 4. The monoisotopic (exact) mass is 353 g/mol. The lowest BCUT2D eigenvalue weighted by Gasteiger charge is -2.12. The largest absolute Gasteiger partial charge is 0.454 e. The fourth-order valence-electron chi connectivity index (χ4n) is 2.68. The van der Waals surface area contributed by atoms with E-state index in [0.717, 1.165) is 27.9 Å². The zero-order valence-electron chi connectivity index (χ0n) is 14.5. The molecule has 27 heavy (non-hydrogen) atoms. The van der Waals surface area contributed by atoms with Gasteiger partial charge < -0.3 is 10.1 Å². The van der Waals surface area contributed by atoms with Crippen LogP contribution in [0.25, 0.3) is 10.9 Å².